The van der Waals surface area contributed by atoms with Gasteiger partial charge in [0, 0.05) is 18.2 Å². The molecule has 0 bridgehead atoms. The Balaban J connectivity index is 1.67. The standard InChI is InChI=1S/C22H18O4/c1-25-15-16-7-9-19(10-8-16)22(24)26-20-13-11-18(12-14-20)21(23)17-5-3-2-4-6-17/h2-14H,15H2,1H3. The molecule has 0 aliphatic heterocycles. The summed E-state index contributed by atoms with van der Waals surface area (Å²) >= 11 is 0. The summed E-state index contributed by atoms with van der Waals surface area (Å²) in [6, 6.07) is 22.6. The highest BCUT2D eigenvalue weighted by Crippen LogP contribution is 2.17. The van der Waals surface area contributed by atoms with Crippen molar-refractivity contribution in [2.75, 3.05) is 7.11 Å². The normalized spacial score (nSPS) is 10.3. The van der Waals surface area contributed by atoms with E-state index < -0.39 is 5.97 Å². The highest BCUT2D eigenvalue weighted by atomic mass is 16.5. The molecule has 0 heterocycles. The second-order valence-electron chi connectivity index (χ2n) is 5.74. The topological polar surface area (TPSA) is 52.6 Å². The first kappa shape index (κ1) is 17.6. The Bertz CT molecular complexity index is 882. The number of ether oxygens (including phenoxy) is 2. The molecule has 4 heteroatoms. The molecular weight excluding hydrogens is 328 g/mol. The summed E-state index contributed by atoms with van der Waals surface area (Å²) in [5.74, 6) is -0.131. The lowest BCUT2D eigenvalue weighted by molar-refractivity contribution is 0.0734. The minimum atomic E-state index is -0.448. The lowest BCUT2D eigenvalue weighted by Crippen LogP contribution is -2.09. The first-order valence-electron chi connectivity index (χ1n) is 8.17. The van der Waals surface area contributed by atoms with Gasteiger partial charge in [0.25, 0.3) is 0 Å². The van der Waals surface area contributed by atoms with Gasteiger partial charge in [-0.3, -0.25) is 4.79 Å². The Kier molecular flexibility index (Phi) is 5.56. The Hall–Kier alpha value is -3.24. The molecule has 130 valence electrons. The van der Waals surface area contributed by atoms with Crippen LogP contribution in [0.15, 0.2) is 78.9 Å². The Morgan fingerprint density at radius 3 is 1.92 bits per heavy atom. The molecule has 0 aliphatic carbocycles. The number of hydrogen-bond donors (Lipinski definition) is 0. The average Bonchev–Trinajstić information content (AvgIpc) is 2.69. The van der Waals surface area contributed by atoms with Gasteiger partial charge >= 0.3 is 5.97 Å². The number of methoxy groups -OCH3 is 1. The molecule has 3 aromatic carbocycles. The zero-order valence-electron chi connectivity index (χ0n) is 14.3. The van der Waals surface area contributed by atoms with Crippen LogP contribution in [0.3, 0.4) is 0 Å². The van der Waals surface area contributed by atoms with E-state index in [2.05, 4.69) is 0 Å². The molecular formula is C22H18O4. The van der Waals surface area contributed by atoms with E-state index >= 15 is 0 Å². The Morgan fingerprint density at radius 2 is 1.31 bits per heavy atom. The molecule has 0 amide bonds. The van der Waals surface area contributed by atoms with Crippen molar-refractivity contribution in [2.45, 2.75) is 6.61 Å². The van der Waals surface area contributed by atoms with Crippen LogP contribution in [-0.4, -0.2) is 18.9 Å². The van der Waals surface area contributed by atoms with E-state index in [-0.39, 0.29) is 5.78 Å². The van der Waals surface area contributed by atoms with Crippen LogP contribution in [0.5, 0.6) is 5.75 Å². The highest BCUT2D eigenvalue weighted by molar-refractivity contribution is 6.09. The quantitative estimate of drug-likeness (QED) is 0.380. The van der Waals surface area contributed by atoms with Gasteiger partial charge in [-0.2, -0.15) is 0 Å². The second kappa shape index (κ2) is 8.23. The van der Waals surface area contributed by atoms with Crippen LogP contribution in [0.25, 0.3) is 0 Å². The molecule has 0 fully saturated rings. The summed E-state index contributed by atoms with van der Waals surface area (Å²) < 4.78 is 10.4. The summed E-state index contributed by atoms with van der Waals surface area (Å²) in [5, 5.41) is 0. The van der Waals surface area contributed by atoms with Crippen molar-refractivity contribution >= 4 is 11.8 Å². The molecule has 0 unspecified atom stereocenters. The molecule has 0 N–H and O–H groups in total. The minimum absolute atomic E-state index is 0.0720. The summed E-state index contributed by atoms with van der Waals surface area (Å²) in [5.41, 5.74) is 2.59. The highest BCUT2D eigenvalue weighted by Gasteiger charge is 2.11. The van der Waals surface area contributed by atoms with E-state index in [1.807, 2.05) is 30.3 Å². The molecule has 4 nitrogen and oxygen atoms in total. The van der Waals surface area contributed by atoms with E-state index in [4.69, 9.17) is 9.47 Å². The van der Waals surface area contributed by atoms with Gasteiger partial charge in [0.1, 0.15) is 5.75 Å². The van der Waals surface area contributed by atoms with Crippen molar-refractivity contribution in [3.8, 4) is 5.75 Å². The van der Waals surface area contributed by atoms with Crippen LogP contribution >= 0.6 is 0 Å². The van der Waals surface area contributed by atoms with E-state index in [0.717, 1.165) is 5.56 Å². The second-order valence-corrected chi connectivity index (χ2v) is 5.74. The van der Waals surface area contributed by atoms with Gasteiger partial charge < -0.3 is 9.47 Å². The van der Waals surface area contributed by atoms with E-state index in [1.165, 1.54) is 0 Å². The number of ketones is 1. The van der Waals surface area contributed by atoms with Crippen molar-refractivity contribution in [3.05, 3.63) is 101 Å². The molecule has 0 saturated carbocycles. The average molecular weight is 346 g/mol. The number of hydrogen-bond acceptors (Lipinski definition) is 4. The number of rotatable bonds is 6. The van der Waals surface area contributed by atoms with Gasteiger partial charge in [-0.15, -0.1) is 0 Å². The minimum Gasteiger partial charge on any atom is -0.423 e. The third-order valence-corrected chi connectivity index (χ3v) is 3.86. The van der Waals surface area contributed by atoms with Gasteiger partial charge in [-0.1, -0.05) is 42.5 Å². The first-order chi connectivity index (χ1) is 12.7. The summed E-state index contributed by atoms with van der Waals surface area (Å²) in [4.78, 5) is 24.6. The van der Waals surface area contributed by atoms with Crippen LogP contribution in [0.2, 0.25) is 0 Å². The summed E-state index contributed by atoms with van der Waals surface area (Å²) in [6.07, 6.45) is 0. The van der Waals surface area contributed by atoms with Crippen molar-refractivity contribution in [3.63, 3.8) is 0 Å². The molecule has 3 aromatic rings. The monoisotopic (exact) mass is 346 g/mol. The zero-order chi connectivity index (χ0) is 18.4. The molecule has 0 spiro atoms. The van der Waals surface area contributed by atoms with Crippen LogP contribution in [0.1, 0.15) is 31.8 Å². The van der Waals surface area contributed by atoms with Crippen LogP contribution < -0.4 is 4.74 Å². The summed E-state index contributed by atoms with van der Waals surface area (Å²) in [7, 11) is 1.62. The molecule has 0 aromatic heterocycles. The predicted molar refractivity (Wildman–Crippen MR) is 98.4 cm³/mol. The van der Waals surface area contributed by atoms with Gasteiger partial charge in [-0.05, 0) is 42.0 Å². The number of carbonyl (C=O) groups excluding carboxylic acids is 2. The SMILES string of the molecule is COCc1ccc(C(=O)Oc2ccc(C(=O)c3ccccc3)cc2)cc1. The van der Waals surface area contributed by atoms with Crippen molar-refractivity contribution < 1.29 is 19.1 Å². The number of carbonyl (C=O) groups is 2. The van der Waals surface area contributed by atoms with E-state index in [9.17, 15) is 9.59 Å². The number of benzene rings is 3. The van der Waals surface area contributed by atoms with E-state index in [0.29, 0.717) is 29.0 Å². The van der Waals surface area contributed by atoms with Gasteiger partial charge in [0.05, 0.1) is 12.2 Å². The molecule has 0 radical (unpaired) electrons. The maximum atomic E-state index is 12.4. The molecule has 26 heavy (non-hydrogen) atoms. The van der Waals surface area contributed by atoms with Crippen molar-refractivity contribution in [1.29, 1.82) is 0 Å². The predicted octanol–water partition coefficient (Wildman–Crippen LogP) is 4.28. The molecule has 3 rings (SSSR count). The van der Waals surface area contributed by atoms with Crippen LogP contribution in [0, 0.1) is 0 Å². The summed E-state index contributed by atoms with van der Waals surface area (Å²) in [6.45, 7) is 0.492. The number of esters is 1. The lowest BCUT2D eigenvalue weighted by Gasteiger charge is -2.06. The Morgan fingerprint density at radius 1 is 0.731 bits per heavy atom. The van der Waals surface area contributed by atoms with Gasteiger partial charge in [-0.25, -0.2) is 4.79 Å². The fourth-order valence-corrected chi connectivity index (χ4v) is 2.50. The third kappa shape index (κ3) is 4.23. The smallest absolute Gasteiger partial charge is 0.343 e. The van der Waals surface area contributed by atoms with Crippen LogP contribution in [-0.2, 0) is 11.3 Å². The van der Waals surface area contributed by atoms with Gasteiger partial charge in [0.15, 0.2) is 5.78 Å². The molecule has 0 saturated heterocycles. The fraction of sp³-hybridized carbons (Fsp3) is 0.0909. The fourth-order valence-electron chi connectivity index (χ4n) is 2.50. The Labute approximate surface area is 152 Å². The van der Waals surface area contributed by atoms with Gasteiger partial charge in [0.2, 0.25) is 0 Å². The van der Waals surface area contributed by atoms with Crippen LogP contribution in [0.4, 0.5) is 0 Å². The lowest BCUT2D eigenvalue weighted by atomic mass is 10.0. The third-order valence-electron chi connectivity index (χ3n) is 3.86. The maximum Gasteiger partial charge on any atom is 0.343 e. The maximum absolute atomic E-state index is 12.4. The molecule has 0 atom stereocenters. The van der Waals surface area contributed by atoms with Crippen molar-refractivity contribution in [2.24, 2.45) is 0 Å². The first-order valence-corrected chi connectivity index (χ1v) is 8.17. The molecule has 0 aliphatic rings. The van der Waals surface area contributed by atoms with Crippen molar-refractivity contribution in [1.82, 2.24) is 0 Å². The zero-order valence-corrected chi connectivity index (χ0v) is 14.3. The largest absolute Gasteiger partial charge is 0.423 e. The van der Waals surface area contributed by atoms with E-state index in [1.54, 1.807) is 55.6 Å².